The minimum Gasteiger partial charge on any atom is -0.355 e. The van der Waals surface area contributed by atoms with Gasteiger partial charge < -0.3 is 10.2 Å². The molecule has 0 aliphatic carbocycles. The van der Waals surface area contributed by atoms with Crippen LogP contribution in [0.25, 0.3) is 0 Å². The van der Waals surface area contributed by atoms with E-state index in [1.54, 1.807) is 4.90 Å². The molecule has 1 saturated heterocycles. The number of amides is 2. The minimum absolute atomic E-state index is 0.00830. The van der Waals surface area contributed by atoms with Crippen LogP contribution in [0.15, 0.2) is 30.3 Å². The zero-order valence-electron chi connectivity index (χ0n) is 13.1. The van der Waals surface area contributed by atoms with Gasteiger partial charge in [0, 0.05) is 25.0 Å². The van der Waals surface area contributed by atoms with Crippen LogP contribution >= 0.6 is 0 Å². The molecule has 21 heavy (non-hydrogen) atoms. The third-order valence-electron chi connectivity index (χ3n) is 3.86. The summed E-state index contributed by atoms with van der Waals surface area (Å²) in [4.78, 5) is 25.9. The molecule has 0 saturated carbocycles. The Hall–Kier alpha value is -1.84. The predicted octanol–water partition coefficient (Wildman–Crippen LogP) is 1.99. The van der Waals surface area contributed by atoms with E-state index < -0.39 is 0 Å². The Labute approximate surface area is 126 Å². The summed E-state index contributed by atoms with van der Waals surface area (Å²) in [6, 6.07) is 10.1. The second-order valence-electron chi connectivity index (χ2n) is 6.60. The zero-order valence-corrected chi connectivity index (χ0v) is 13.1. The molecule has 4 nitrogen and oxygen atoms in total. The van der Waals surface area contributed by atoms with E-state index in [4.69, 9.17) is 0 Å². The first-order valence-electron chi connectivity index (χ1n) is 7.50. The molecule has 1 heterocycles. The van der Waals surface area contributed by atoms with Crippen molar-refractivity contribution >= 4 is 11.8 Å². The van der Waals surface area contributed by atoms with Crippen LogP contribution in [0.4, 0.5) is 0 Å². The molecule has 1 aromatic carbocycles. The quantitative estimate of drug-likeness (QED) is 0.921. The average Bonchev–Trinajstić information content (AvgIpc) is 2.82. The van der Waals surface area contributed by atoms with Gasteiger partial charge in [-0.3, -0.25) is 9.59 Å². The van der Waals surface area contributed by atoms with Crippen molar-refractivity contribution in [3.8, 4) is 0 Å². The molecule has 1 aromatic rings. The summed E-state index contributed by atoms with van der Waals surface area (Å²) < 4.78 is 0. The molecular weight excluding hydrogens is 264 g/mol. The topological polar surface area (TPSA) is 49.4 Å². The first-order chi connectivity index (χ1) is 9.88. The Morgan fingerprint density at radius 1 is 1.29 bits per heavy atom. The van der Waals surface area contributed by atoms with Gasteiger partial charge in [0.25, 0.3) is 0 Å². The second-order valence-corrected chi connectivity index (χ2v) is 6.60. The molecule has 0 aromatic heterocycles. The van der Waals surface area contributed by atoms with Gasteiger partial charge in [-0.1, -0.05) is 30.3 Å². The lowest BCUT2D eigenvalue weighted by atomic mass is 10.1. The number of nitrogens with zero attached hydrogens (tertiary/aromatic N) is 1. The molecule has 2 rings (SSSR count). The van der Waals surface area contributed by atoms with E-state index >= 15 is 0 Å². The van der Waals surface area contributed by atoms with Crippen molar-refractivity contribution in [2.45, 2.75) is 39.2 Å². The SMILES string of the molecule is CC(C)(C)N1CC(C(=O)NCCc2ccccc2)CC1=O. The van der Waals surface area contributed by atoms with Crippen LogP contribution in [0.3, 0.4) is 0 Å². The van der Waals surface area contributed by atoms with Gasteiger partial charge in [0.15, 0.2) is 0 Å². The molecule has 1 unspecified atom stereocenters. The molecule has 1 atom stereocenters. The highest BCUT2D eigenvalue weighted by molar-refractivity contribution is 5.89. The summed E-state index contributed by atoms with van der Waals surface area (Å²) in [5.41, 5.74) is 0.993. The Kier molecular flexibility index (Phi) is 4.66. The summed E-state index contributed by atoms with van der Waals surface area (Å²) in [5.74, 6) is -0.149. The molecule has 4 heteroatoms. The molecule has 1 fully saturated rings. The number of carbonyl (C=O) groups excluding carboxylic acids is 2. The number of rotatable bonds is 4. The Balaban J connectivity index is 1.81. The highest BCUT2D eigenvalue weighted by Crippen LogP contribution is 2.25. The maximum Gasteiger partial charge on any atom is 0.225 e. The number of carbonyl (C=O) groups is 2. The number of hydrogen-bond donors (Lipinski definition) is 1. The van der Waals surface area contributed by atoms with Crippen LogP contribution in [0, 0.1) is 5.92 Å². The predicted molar refractivity (Wildman–Crippen MR) is 82.7 cm³/mol. The lowest BCUT2D eigenvalue weighted by Gasteiger charge is -2.31. The van der Waals surface area contributed by atoms with Gasteiger partial charge in [-0.25, -0.2) is 0 Å². The lowest BCUT2D eigenvalue weighted by molar-refractivity contribution is -0.132. The van der Waals surface area contributed by atoms with Crippen molar-refractivity contribution < 1.29 is 9.59 Å². The smallest absolute Gasteiger partial charge is 0.225 e. The second kappa shape index (κ2) is 6.29. The molecule has 1 aliphatic rings. The van der Waals surface area contributed by atoms with E-state index in [0.29, 0.717) is 19.5 Å². The van der Waals surface area contributed by atoms with E-state index in [0.717, 1.165) is 6.42 Å². The van der Waals surface area contributed by atoms with Crippen molar-refractivity contribution in [2.75, 3.05) is 13.1 Å². The third-order valence-corrected chi connectivity index (χ3v) is 3.86. The van der Waals surface area contributed by atoms with Gasteiger partial charge in [-0.15, -0.1) is 0 Å². The van der Waals surface area contributed by atoms with E-state index in [1.807, 2.05) is 51.1 Å². The van der Waals surface area contributed by atoms with Gasteiger partial charge in [0.1, 0.15) is 0 Å². The van der Waals surface area contributed by atoms with Crippen LogP contribution in [-0.2, 0) is 16.0 Å². The van der Waals surface area contributed by atoms with E-state index in [2.05, 4.69) is 5.32 Å². The molecule has 1 aliphatic heterocycles. The van der Waals surface area contributed by atoms with Crippen LogP contribution in [0.2, 0.25) is 0 Å². The normalized spacial score (nSPS) is 18.9. The molecule has 0 spiro atoms. The van der Waals surface area contributed by atoms with Crippen molar-refractivity contribution in [3.63, 3.8) is 0 Å². The number of likely N-dealkylation sites (tertiary alicyclic amines) is 1. The maximum absolute atomic E-state index is 12.2. The number of hydrogen-bond acceptors (Lipinski definition) is 2. The van der Waals surface area contributed by atoms with Gasteiger partial charge in [0.05, 0.1) is 5.92 Å². The van der Waals surface area contributed by atoms with Gasteiger partial charge in [-0.05, 0) is 32.8 Å². The summed E-state index contributed by atoms with van der Waals surface area (Å²) in [6.07, 6.45) is 1.14. The number of benzene rings is 1. The first-order valence-corrected chi connectivity index (χ1v) is 7.50. The molecule has 114 valence electrons. The Bertz CT molecular complexity index is 505. The number of nitrogens with one attached hydrogen (secondary N) is 1. The summed E-state index contributed by atoms with van der Waals surface area (Å²) in [7, 11) is 0. The Morgan fingerprint density at radius 2 is 1.95 bits per heavy atom. The molecule has 2 amide bonds. The standard InChI is InChI=1S/C17H24N2O2/c1-17(2,3)19-12-14(11-15(19)20)16(21)18-10-9-13-7-5-4-6-8-13/h4-8,14H,9-12H2,1-3H3,(H,18,21). The lowest BCUT2D eigenvalue weighted by Crippen LogP contribution is -2.43. The van der Waals surface area contributed by atoms with Crippen LogP contribution in [-0.4, -0.2) is 35.3 Å². The van der Waals surface area contributed by atoms with Crippen LogP contribution in [0.1, 0.15) is 32.8 Å². The molecule has 0 bridgehead atoms. The minimum atomic E-state index is -0.215. The van der Waals surface area contributed by atoms with Gasteiger partial charge in [0.2, 0.25) is 11.8 Å². The molecular formula is C17H24N2O2. The largest absolute Gasteiger partial charge is 0.355 e. The first kappa shape index (κ1) is 15.5. The fraction of sp³-hybridized carbons (Fsp3) is 0.529. The van der Waals surface area contributed by atoms with E-state index in [9.17, 15) is 9.59 Å². The van der Waals surface area contributed by atoms with Gasteiger partial charge in [-0.2, -0.15) is 0 Å². The monoisotopic (exact) mass is 288 g/mol. The summed E-state index contributed by atoms with van der Waals surface area (Å²) >= 11 is 0. The van der Waals surface area contributed by atoms with Crippen molar-refractivity contribution in [1.82, 2.24) is 10.2 Å². The highest BCUT2D eigenvalue weighted by Gasteiger charge is 2.39. The molecule has 1 N–H and O–H groups in total. The van der Waals surface area contributed by atoms with Crippen LogP contribution < -0.4 is 5.32 Å². The Morgan fingerprint density at radius 3 is 2.52 bits per heavy atom. The summed E-state index contributed by atoms with van der Waals surface area (Å²) in [5, 5.41) is 2.95. The third kappa shape index (κ3) is 4.06. The van der Waals surface area contributed by atoms with E-state index in [-0.39, 0.29) is 23.3 Å². The summed E-state index contributed by atoms with van der Waals surface area (Å²) in [6.45, 7) is 7.14. The van der Waals surface area contributed by atoms with Gasteiger partial charge >= 0.3 is 0 Å². The van der Waals surface area contributed by atoms with Crippen molar-refractivity contribution in [3.05, 3.63) is 35.9 Å². The maximum atomic E-state index is 12.2. The van der Waals surface area contributed by atoms with Crippen molar-refractivity contribution in [2.24, 2.45) is 5.92 Å². The van der Waals surface area contributed by atoms with Crippen LogP contribution in [0.5, 0.6) is 0 Å². The fourth-order valence-corrected chi connectivity index (χ4v) is 2.65. The van der Waals surface area contributed by atoms with E-state index in [1.165, 1.54) is 5.56 Å². The highest BCUT2D eigenvalue weighted by atomic mass is 16.2. The average molecular weight is 288 g/mol. The zero-order chi connectivity index (χ0) is 15.5. The fourth-order valence-electron chi connectivity index (χ4n) is 2.65. The van der Waals surface area contributed by atoms with Crippen molar-refractivity contribution in [1.29, 1.82) is 0 Å². The molecule has 0 radical (unpaired) electrons.